The molecule has 22 heavy (non-hydrogen) atoms. The van der Waals surface area contributed by atoms with Gasteiger partial charge in [-0.2, -0.15) is 5.10 Å². The first-order valence-electron chi connectivity index (χ1n) is 7.13. The summed E-state index contributed by atoms with van der Waals surface area (Å²) in [5.41, 5.74) is 1.70. The number of hydrogen-bond donors (Lipinski definition) is 1. The normalized spacial score (nSPS) is 12.5. The topological polar surface area (TPSA) is 55.9 Å². The number of aromatic nitrogens is 3. The predicted molar refractivity (Wildman–Crippen MR) is 85.5 cm³/mol. The van der Waals surface area contributed by atoms with Gasteiger partial charge in [-0.25, -0.2) is 0 Å². The number of hydrogen-bond acceptors (Lipinski definition) is 4. The van der Waals surface area contributed by atoms with Crippen LogP contribution in [0.3, 0.4) is 0 Å². The van der Waals surface area contributed by atoms with Gasteiger partial charge in [-0.1, -0.05) is 28.9 Å². The highest BCUT2D eigenvalue weighted by Gasteiger charge is 2.10. The fraction of sp³-hybridized carbons (Fsp3) is 0.250. The summed E-state index contributed by atoms with van der Waals surface area (Å²) in [6.07, 6.45) is 3.73. The molecule has 0 unspecified atom stereocenters. The molecule has 2 heterocycles. The van der Waals surface area contributed by atoms with E-state index >= 15 is 0 Å². The van der Waals surface area contributed by atoms with Crippen LogP contribution in [0.15, 0.2) is 53.3 Å². The van der Waals surface area contributed by atoms with E-state index in [1.807, 2.05) is 47.3 Å². The van der Waals surface area contributed by atoms with E-state index in [4.69, 9.17) is 16.1 Å². The van der Waals surface area contributed by atoms with E-state index in [-0.39, 0.29) is 6.04 Å². The van der Waals surface area contributed by atoms with Gasteiger partial charge in [0.15, 0.2) is 5.76 Å². The molecule has 0 aliphatic heterocycles. The van der Waals surface area contributed by atoms with Crippen LogP contribution in [0.25, 0.3) is 11.3 Å². The highest BCUT2D eigenvalue weighted by molar-refractivity contribution is 6.33. The van der Waals surface area contributed by atoms with Crippen LogP contribution in [0.5, 0.6) is 0 Å². The molecule has 0 aliphatic carbocycles. The van der Waals surface area contributed by atoms with Crippen molar-refractivity contribution in [3.05, 3.63) is 59.5 Å². The molecule has 3 aromatic rings. The van der Waals surface area contributed by atoms with Crippen molar-refractivity contribution in [3.8, 4) is 11.3 Å². The molecular weight excluding hydrogens is 300 g/mol. The molecule has 0 spiro atoms. The van der Waals surface area contributed by atoms with Crippen molar-refractivity contribution in [1.82, 2.24) is 20.3 Å². The number of halogens is 1. The van der Waals surface area contributed by atoms with Crippen LogP contribution in [-0.2, 0) is 13.1 Å². The first-order valence-corrected chi connectivity index (χ1v) is 7.51. The molecule has 0 saturated heterocycles. The van der Waals surface area contributed by atoms with Crippen molar-refractivity contribution in [3.63, 3.8) is 0 Å². The van der Waals surface area contributed by atoms with E-state index in [1.54, 1.807) is 6.20 Å². The first-order chi connectivity index (χ1) is 10.7. The summed E-state index contributed by atoms with van der Waals surface area (Å²) in [5.74, 6) is 0.683. The van der Waals surface area contributed by atoms with Gasteiger partial charge in [0.25, 0.3) is 0 Å². The Kier molecular flexibility index (Phi) is 4.56. The van der Waals surface area contributed by atoms with E-state index in [2.05, 4.69) is 22.5 Å². The summed E-state index contributed by atoms with van der Waals surface area (Å²) in [6, 6.07) is 11.7. The Morgan fingerprint density at radius 3 is 2.95 bits per heavy atom. The largest absolute Gasteiger partial charge is 0.356 e. The maximum Gasteiger partial charge on any atom is 0.168 e. The van der Waals surface area contributed by atoms with Crippen molar-refractivity contribution in [2.24, 2.45) is 0 Å². The lowest BCUT2D eigenvalue weighted by Crippen LogP contribution is -2.30. The quantitative estimate of drug-likeness (QED) is 0.757. The predicted octanol–water partition coefficient (Wildman–Crippen LogP) is 3.37. The minimum absolute atomic E-state index is 0.278. The Morgan fingerprint density at radius 2 is 2.18 bits per heavy atom. The van der Waals surface area contributed by atoms with Gasteiger partial charge >= 0.3 is 0 Å². The Bertz CT molecular complexity index is 723. The average Bonchev–Trinajstić information content (AvgIpc) is 3.17. The minimum atomic E-state index is 0.278. The standard InChI is InChI=1S/C16H17ClN4O/c1-12(11-21-8-4-7-19-21)18-10-13-9-16(22-20-13)14-5-2-3-6-15(14)17/h2-9,12,18H,10-11H2,1H3/t12-/m1/s1. The van der Waals surface area contributed by atoms with Crippen LogP contribution in [0.4, 0.5) is 0 Å². The second kappa shape index (κ2) is 6.77. The van der Waals surface area contributed by atoms with E-state index in [1.165, 1.54) is 0 Å². The minimum Gasteiger partial charge on any atom is -0.356 e. The second-order valence-electron chi connectivity index (χ2n) is 5.17. The monoisotopic (exact) mass is 316 g/mol. The lowest BCUT2D eigenvalue weighted by atomic mass is 10.1. The molecule has 6 heteroatoms. The maximum atomic E-state index is 6.16. The van der Waals surface area contributed by atoms with E-state index in [9.17, 15) is 0 Å². The smallest absolute Gasteiger partial charge is 0.168 e. The molecule has 0 amide bonds. The van der Waals surface area contributed by atoms with Gasteiger partial charge in [-0.15, -0.1) is 0 Å². The molecule has 0 radical (unpaired) electrons. The molecule has 1 aromatic carbocycles. The summed E-state index contributed by atoms with van der Waals surface area (Å²) >= 11 is 6.16. The molecule has 0 saturated carbocycles. The molecule has 1 atom stereocenters. The molecular formula is C16H17ClN4O. The number of nitrogens with one attached hydrogen (secondary N) is 1. The lowest BCUT2D eigenvalue weighted by molar-refractivity contribution is 0.407. The van der Waals surface area contributed by atoms with Crippen LogP contribution in [-0.4, -0.2) is 21.0 Å². The first kappa shape index (κ1) is 14.8. The van der Waals surface area contributed by atoms with Crippen molar-refractivity contribution < 1.29 is 4.52 Å². The molecule has 3 rings (SSSR count). The summed E-state index contributed by atoms with van der Waals surface area (Å²) < 4.78 is 7.28. The maximum absolute atomic E-state index is 6.16. The lowest BCUT2D eigenvalue weighted by Gasteiger charge is -2.12. The van der Waals surface area contributed by atoms with Gasteiger partial charge in [0.05, 0.1) is 17.3 Å². The summed E-state index contributed by atoms with van der Waals surface area (Å²) in [7, 11) is 0. The molecule has 0 fully saturated rings. The zero-order chi connectivity index (χ0) is 15.4. The fourth-order valence-electron chi connectivity index (χ4n) is 2.22. The van der Waals surface area contributed by atoms with Gasteiger partial charge in [-0.05, 0) is 25.1 Å². The van der Waals surface area contributed by atoms with Crippen LogP contribution >= 0.6 is 11.6 Å². The molecule has 1 N–H and O–H groups in total. The third kappa shape index (κ3) is 3.55. The number of rotatable bonds is 6. The Hall–Kier alpha value is -2.11. The third-order valence-corrected chi connectivity index (χ3v) is 3.68. The zero-order valence-electron chi connectivity index (χ0n) is 12.2. The van der Waals surface area contributed by atoms with Gasteiger partial charge in [0, 0.05) is 36.6 Å². The third-order valence-electron chi connectivity index (χ3n) is 3.35. The van der Waals surface area contributed by atoms with Crippen LogP contribution in [0, 0.1) is 0 Å². The van der Waals surface area contributed by atoms with Gasteiger partial charge < -0.3 is 9.84 Å². The zero-order valence-corrected chi connectivity index (χ0v) is 13.0. The highest BCUT2D eigenvalue weighted by atomic mass is 35.5. The van der Waals surface area contributed by atoms with Crippen molar-refractivity contribution in [2.75, 3.05) is 0 Å². The summed E-state index contributed by atoms with van der Waals surface area (Å²) in [6.45, 7) is 3.55. The molecule has 114 valence electrons. The summed E-state index contributed by atoms with van der Waals surface area (Å²) in [5, 5.41) is 12.3. The van der Waals surface area contributed by atoms with E-state index in [0.717, 1.165) is 17.8 Å². The summed E-state index contributed by atoms with van der Waals surface area (Å²) in [4.78, 5) is 0. The Balaban J connectivity index is 1.59. The molecule has 0 bridgehead atoms. The van der Waals surface area contributed by atoms with Crippen molar-refractivity contribution in [1.29, 1.82) is 0 Å². The molecule has 5 nitrogen and oxygen atoms in total. The molecule has 0 aliphatic rings. The Morgan fingerprint density at radius 1 is 1.32 bits per heavy atom. The highest BCUT2D eigenvalue weighted by Crippen LogP contribution is 2.27. The fourth-order valence-corrected chi connectivity index (χ4v) is 2.44. The second-order valence-corrected chi connectivity index (χ2v) is 5.58. The van der Waals surface area contributed by atoms with Crippen LogP contribution < -0.4 is 5.32 Å². The van der Waals surface area contributed by atoms with E-state index in [0.29, 0.717) is 17.3 Å². The SMILES string of the molecule is C[C@H](Cn1cccn1)NCc1cc(-c2ccccc2Cl)on1. The van der Waals surface area contributed by atoms with Crippen molar-refractivity contribution in [2.45, 2.75) is 26.1 Å². The Labute approximate surface area is 133 Å². The van der Waals surface area contributed by atoms with Gasteiger partial charge in [0.2, 0.25) is 0 Å². The number of benzene rings is 1. The van der Waals surface area contributed by atoms with Crippen LogP contribution in [0.2, 0.25) is 5.02 Å². The number of nitrogens with zero attached hydrogens (tertiary/aromatic N) is 3. The van der Waals surface area contributed by atoms with E-state index < -0.39 is 0 Å². The molecule has 2 aromatic heterocycles. The van der Waals surface area contributed by atoms with Crippen LogP contribution in [0.1, 0.15) is 12.6 Å². The average molecular weight is 317 g/mol. The van der Waals surface area contributed by atoms with Crippen molar-refractivity contribution >= 4 is 11.6 Å². The van der Waals surface area contributed by atoms with Gasteiger partial charge in [-0.3, -0.25) is 4.68 Å². The van der Waals surface area contributed by atoms with Gasteiger partial charge in [0.1, 0.15) is 0 Å².